The Hall–Kier alpha value is -2.25. The molecule has 8 heteroatoms. The predicted octanol–water partition coefficient (Wildman–Crippen LogP) is 4.65. The number of unbranched alkanes of at least 4 members (excludes halogenated alkanes) is 1. The molecule has 2 N–H and O–H groups in total. The molecule has 0 atom stereocenters. The third kappa shape index (κ3) is 9.67. The van der Waals surface area contributed by atoms with Crippen molar-refractivity contribution in [2.45, 2.75) is 65.5 Å². The predicted molar refractivity (Wildman–Crippen MR) is 111 cm³/mol. The molecule has 1 fully saturated rings. The van der Waals surface area contributed by atoms with Crippen LogP contribution in [-0.4, -0.2) is 42.5 Å². The molecule has 29 heavy (non-hydrogen) atoms. The zero-order valence-electron chi connectivity index (χ0n) is 17.7. The summed E-state index contributed by atoms with van der Waals surface area (Å²) in [5.74, 6) is 0.460. The van der Waals surface area contributed by atoms with Gasteiger partial charge in [0.15, 0.2) is 0 Å². The molecule has 0 aliphatic carbocycles. The van der Waals surface area contributed by atoms with E-state index >= 15 is 0 Å². The Labute approximate surface area is 171 Å². The summed E-state index contributed by atoms with van der Waals surface area (Å²) in [4.78, 5) is 17.5. The third-order valence-electron chi connectivity index (χ3n) is 4.36. The molecule has 1 saturated heterocycles. The number of carbonyl (C=O) groups excluding carboxylic acids is 1. The largest absolute Gasteiger partial charge is 0.419 e. The van der Waals surface area contributed by atoms with Crippen molar-refractivity contribution < 1.29 is 18.0 Å². The van der Waals surface area contributed by atoms with Crippen LogP contribution in [0.25, 0.3) is 0 Å². The van der Waals surface area contributed by atoms with E-state index in [0.29, 0.717) is 43.9 Å². The van der Waals surface area contributed by atoms with Gasteiger partial charge < -0.3 is 15.5 Å². The lowest BCUT2D eigenvalue weighted by Gasteiger charge is -2.27. The molecule has 1 aliphatic heterocycles. The minimum atomic E-state index is -4.54. The van der Waals surface area contributed by atoms with Gasteiger partial charge in [0, 0.05) is 43.6 Å². The standard InChI is InChI=1S/C21H33F3N4O/c1-5-6-10-19(25-12-9-14-28-13-8-7-11-20(28)29)18(21(22,23)24)15-26-17(4)27-16(2)3/h10,15,25H,2,5-9,11-14H2,1,3-4H3,(H,26,27)/b18-15+,19-10-. The number of amides is 1. The molecule has 0 radical (unpaired) electrons. The van der Waals surface area contributed by atoms with Crippen LogP contribution in [0.5, 0.6) is 0 Å². The quantitative estimate of drug-likeness (QED) is 0.237. The Bertz CT molecular complexity index is 651. The minimum absolute atomic E-state index is 0.0243. The summed E-state index contributed by atoms with van der Waals surface area (Å²) in [6.45, 7) is 10.5. The fraction of sp³-hybridized carbons (Fsp3) is 0.619. The fourth-order valence-electron chi connectivity index (χ4n) is 2.96. The second-order valence-electron chi connectivity index (χ2n) is 7.19. The van der Waals surface area contributed by atoms with Crippen molar-refractivity contribution >= 4 is 11.7 Å². The number of aliphatic imine (C=N–C) groups is 1. The molecule has 0 bridgehead atoms. The maximum Gasteiger partial charge on any atom is 0.419 e. The molecule has 0 aromatic rings. The summed E-state index contributed by atoms with van der Waals surface area (Å²) in [5, 5.41) is 5.70. The van der Waals surface area contributed by atoms with Crippen molar-refractivity contribution in [1.82, 2.24) is 15.5 Å². The van der Waals surface area contributed by atoms with Gasteiger partial charge in [-0.3, -0.25) is 4.79 Å². The number of allylic oxidation sites excluding steroid dienone is 3. The topological polar surface area (TPSA) is 56.7 Å². The smallest absolute Gasteiger partial charge is 0.385 e. The minimum Gasteiger partial charge on any atom is -0.385 e. The van der Waals surface area contributed by atoms with E-state index in [2.05, 4.69) is 22.2 Å². The number of nitrogens with zero attached hydrogens (tertiary/aromatic N) is 2. The number of likely N-dealkylation sites (tertiary alicyclic amines) is 1. The lowest BCUT2D eigenvalue weighted by molar-refractivity contribution is -0.133. The molecule has 1 aliphatic rings. The second-order valence-corrected chi connectivity index (χ2v) is 7.19. The molecular weight excluding hydrogens is 381 g/mol. The first kappa shape index (κ1) is 24.8. The fourth-order valence-corrected chi connectivity index (χ4v) is 2.96. The number of alkyl halides is 3. The molecule has 0 aromatic carbocycles. The van der Waals surface area contributed by atoms with E-state index in [-0.39, 0.29) is 11.6 Å². The van der Waals surface area contributed by atoms with Crippen LogP contribution in [0.15, 0.2) is 40.8 Å². The molecule has 0 aromatic heterocycles. The Morgan fingerprint density at radius 2 is 2.03 bits per heavy atom. The van der Waals surface area contributed by atoms with Crippen molar-refractivity contribution in [3.8, 4) is 0 Å². The Morgan fingerprint density at radius 3 is 2.62 bits per heavy atom. The molecule has 164 valence electrons. The summed E-state index contributed by atoms with van der Waals surface area (Å²) in [6.07, 6.45) is 2.16. The molecule has 5 nitrogen and oxygen atoms in total. The van der Waals surface area contributed by atoms with Crippen molar-refractivity contribution in [2.75, 3.05) is 19.6 Å². The first-order chi connectivity index (χ1) is 13.6. The number of piperidine rings is 1. The lowest BCUT2D eigenvalue weighted by atomic mass is 10.1. The number of amidine groups is 1. The van der Waals surface area contributed by atoms with Gasteiger partial charge in [0.2, 0.25) is 5.91 Å². The SMILES string of the molecule is C=C(C)NC(C)=N/C=C(\C(=C\CCC)NCCCN1CCCCC1=O)C(F)(F)F. The highest BCUT2D eigenvalue weighted by Gasteiger charge is 2.36. The van der Waals surface area contributed by atoms with E-state index in [1.807, 2.05) is 6.92 Å². The molecule has 1 amide bonds. The van der Waals surface area contributed by atoms with Crippen LogP contribution in [0.4, 0.5) is 13.2 Å². The van der Waals surface area contributed by atoms with Crippen molar-refractivity contribution in [2.24, 2.45) is 4.99 Å². The van der Waals surface area contributed by atoms with Gasteiger partial charge in [-0.15, -0.1) is 0 Å². The molecule has 1 rings (SSSR count). The summed E-state index contributed by atoms with van der Waals surface area (Å²) >= 11 is 0. The number of carbonyl (C=O) groups is 1. The lowest BCUT2D eigenvalue weighted by Crippen LogP contribution is -2.37. The van der Waals surface area contributed by atoms with Crippen LogP contribution in [0, 0.1) is 0 Å². The molecule has 0 unspecified atom stereocenters. The second kappa shape index (κ2) is 12.3. The van der Waals surface area contributed by atoms with E-state index < -0.39 is 11.7 Å². The molecule has 1 heterocycles. The monoisotopic (exact) mass is 414 g/mol. The zero-order chi connectivity index (χ0) is 21.9. The summed E-state index contributed by atoms with van der Waals surface area (Å²) in [6, 6.07) is 0. The van der Waals surface area contributed by atoms with Gasteiger partial charge in [-0.05, 0) is 39.5 Å². The summed E-state index contributed by atoms with van der Waals surface area (Å²) in [5.41, 5.74) is -0.195. The third-order valence-corrected chi connectivity index (χ3v) is 4.36. The van der Waals surface area contributed by atoms with Crippen molar-refractivity contribution in [3.63, 3.8) is 0 Å². The van der Waals surface area contributed by atoms with E-state index in [9.17, 15) is 18.0 Å². The van der Waals surface area contributed by atoms with Crippen LogP contribution in [0.2, 0.25) is 0 Å². The normalized spacial score (nSPS) is 16.8. The van der Waals surface area contributed by atoms with Gasteiger partial charge in [0.1, 0.15) is 5.84 Å². The molecule has 0 saturated carbocycles. The van der Waals surface area contributed by atoms with Crippen LogP contribution < -0.4 is 10.6 Å². The van der Waals surface area contributed by atoms with Crippen LogP contribution >= 0.6 is 0 Å². The highest BCUT2D eigenvalue weighted by atomic mass is 19.4. The van der Waals surface area contributed by atoms with E-state index in [1.54, 1.807) is 24.8 Å². The first-order valence-electron chi connectivity index (χ1n) is 10.1. The van der Waals surface area contributed by atoms with Crippen molar-refractivity contribution in [1.29, 1.82) is 0 Å². The highest BCUT2D eigenvalue weighted by molar-refractivity contribution is 5.81. The number of hydrogen-bond donors (Lipinski definition) is 2. The van der Waals surface area contributed by atoms with Crippen LogP contribution in [0.1, 0.15) is 59.3 Å². The maximum absolute atomic E-state index is 13.7. The summed E-state index contributed by atoms with van der Waals surface area (Å²) < 4.78 is 41.0. The average molecular weight is 415 g/mol. The van der Waals surface area contributed by atoms with Gasteiger partial charge in [-0.1, -0.05) is 26.0 Å². The molecule has 0 spiro atoms. The number of halogens is 3. The van der Waals surface area contributed by atoms with E-state index in [0.717, 1.165) is 32.0 Å². The number of nitrogens with one attached hydrogen (secondary N) is 2. The van der Waals surface area contributed by atoms with Gasteiger partial charge >= 0.3 is 6.18 Å². The Morgan fingerprint density at radius 1 is 1.31 bits per heavy atom. The van der Waals surface area contributed by atoms with Gasteiger partial charge in [0.05, 0.1) is 5.57 Å². The molecular formula is C21H33F3N4O. The highest BCUT2D eigenvalue weighted by Crippen LogP contribution is 2.30. The Balaban J connectivity index is 2.84. The van der Waals surface area contributed by atoms with Crippen molar-refractivity contribution in [3.05, 3.63) is 35.8 Å². The maximum atomic E-state index is 13.7. The van der Waals surface area contributed by atoms with Crippen LogP contribution in [0.3, 0.4) is 0 Å². The van der Waals surface area contributed by atoms with Gasteiger partial charge in [-0.2, -0.15) is 13.2 Å². The summed E-state index contributed by atoms with van der Waals surface area (Å²) in [7, 11) is 0. The van der Waals surface area contributed by atoms with Gasteiger partial charge in [-0.25, -0.2) is 4.99 Å². The number of hydrogen-bond acceptors (Lipinski definition) is 3. The van der Waals surface area contributed by atoms with E-state index in [1.165, 1.54) is 0 Å². The number of rotatable bonds is 10. The van der Waals surface area contributed by atoms with Gasteiger partial charge in [0.25, 0.3) is 0 Å². The first-order valence-corrected chi connectivity index (χ1v) is 10.1. The zero-order valence-corrected chi connectivity index (χ0v) is 17.7. The Kier molecular flexibility index (Phi) is 10.5. The van der Waals surface area contributed by atoms with E-state index in [4.69, 9.17) is 0 Å². The average Bonchev–Trinajstić information content (AvgIpc) is 2.62. The van der Waals surface area contributed by atoms with Crippen LogP contribution in [-0.2, 0) is 4.79 Å².